The largest absolute Gasteiger partial charge is 0.497 e. The summed E-state index contributed by atoms with van der Waals surface area (Å²) in [7, 11) is 1.69. The fourth-order valence-corrected chi connectivity index (χ4v) is 3.40. The Balaban J connectivity index is 1.92. The molecule has 0 spiro atoms. The first-order valence-electron chi connectivity index (χ1n) is 7.56. The van der Waals surface area contributed by atoms with Crippen molar-refractivity contribution in [3.8, 4) is 5.75 Å². The van der Waals surface area contributed by atoms with Gasteiger partial charge in [0.25, 0.3) is 0 Å². The molecule has 5 heteroatoms. The summed E-state index contributed by atoms with van der Waals surface area (Å²) >= 11 is 6.09. The Kier molecular flexibility index (Phi) is 4.36. The third-order valence-electron chi connectivity index (χ3n) is 4.41. The zero-order chi connectivity index (χ0) is 14.8. The summed E-state index contributed by atoms with van der Waals surface area (Å²) in [6.45, 7) is 6.72. The molecule has 0 N–H and O–H groups in total. The normalized spacial score (nSPS) is 19.5. The number of fused-ring (bicyclic) bond motifs is 1. The lowest BCUT2D eigenvalue weighted by atomic mass is 10.1. The van der Waals surface area contributed by atoms with E-state index in [0.29, 0.717) is 11.8 Å². The van der Waals surface area contributed by atoms with Gasteiger partial charge in [0.15, 0.2) is 0 Å². The van der Waals surface area contributed by atoms with Crippen LogP contribution in [0, 0.1) is 5.92 Å². The lowest BCUT2D eigenvalue weighted by Gasteiger charge is -2.15. The Morgan fingerprint density at radius 3 is 2.95 bits per heavy atom. The summed E-state index contributed by atoms with van der Waals surface area (Å²) in [5.41, 5.74) is 2.12. The first kappa shape index (κ1) is 14.7. The van der Waals surface area contributed by atoms with Gasteiger partial charge in [0.1, 0.15) is 11.6 Å². The van der Waals surface area contributed by atoms with E-state index >= 15 is 0 Å². The first-order chi connectivity index (χ1) is 10.2. The maximum absolute atomic E-state index is 6.09. The minimum Gasteiger partial charge on any atom is -0.497 e. The second kappa shape index (κ2) is 6.24. The van der Waals surface area contributed by atoms with Gasteiger partial charge in [-0.2, -0.15) is 0 Å². The molecule has 1 aliphatic rings. The van der Waals surface area contributed by atoms with Gasteiger partial charge in [-0.15, -0.1) is 11.6 Å². The molecule has 2 aromatic rings. The van der Waals surface area contributed by atoms with Crippen LogP contribution in [0.15, 0.2) is 18.2 Å². The monoisotopic (exact) mass is 307 g/mol. The molecule has 1 fully saturated rings. The van der Waals surface area contributed by atoms with Crippen LogP contribution in [0.1, 0.15) is 19.2 Å². The third kappa shape index (κ3) is 2.87. The molecule has 1 aromatic heterocycles. The number of methoxy groups -OCH3 is 1. The molecule has 2 heterocycles. The predicted octanol–water partition coefficient (Wildman–Crippen LogP) is 3.13. The van der Waals surface area contributed by atoms with Gasteiger partial charge in [-0.3, -0.25) is 0 Å². The topological polar surface area (TPSA) is 30.3 Å². The molecule has 0 amide bonds. The van der Waals surface area contributed by atoms with Crippen LogP contribution in [0.25, 0.3) is 11.0 Å². The van der Waals surface area contributed by atoms with Crippen molar-refractivity contribution in [2.24, 2.45) is 5.92 Å². The van der Waals surface area contributed by atoms with Crippen LogP contribution in [0.3, 0.4) is 0 Å². The molecule has 0 radical (unpaired) electrons. The molecular formula is C16H22ClN3O. The number of halogens is 1. The molecule has 1 aliphatic heterocycles. The zero-order valence-electron chi connectivity index (χ0n) is 12.7. The fourth-order valence-electron chi connectivity index (χ4n) is 3.19. The molecule has 0 aliphatic carbocycles. The van der Waals surface area contributed by atoms with Crippen molar-refractivity contribution in [1.82, 2.24) is 14.5 Å². The molecule has 1 atom stereocenters. The maximum atomic E-state index is 6.09. The molecule has 114 valence electrons. The van der Waals surface area contributed by atoms with Gasteiger partial charge in [0.05, 0.1) is 24.0 Å². The van der Waals surface area contributed by atoms with Gasteiger partial charge < -0.3 is 14.2 Å². The highest BCUT2D eigenvalue weighted by atomic mass is 35.5. The van der Waals surface area contributed by atoms with Crippen molar-refractivity contribution in [2.45, 2.75) is 25.8 Å². The van der Waals surface area contributed by atoms with Gasteiger partial charge in [-0.1, -0.05) is 6.92 Å². The number of aromatic nitrogens is 2. The SMILES string of the molecule is CCN1CCC(Cn2c(CCl)nc3ccc(OC)cc32)C1. The number of alkyl halides is 1. The molecule has 4 nitrogen and oxygen atoms in total. The molecule has 1 unspecified atom stereocenters. The second-order valence-electron chi connectivity index (χ2n) is 5.67. The number of ether oxygens (including phenoxy) is 1. The average Bonchev–Trinajstić information content (AvgIpc) is 3.11. The van der Waals surface area contributed by atoms with Gasteiger partial charge in [0, 0.05) is 19.2 Å². The highest BCUT2D eigenvalue weighted by Crippen LogP contribution is 2.26. The van der Waals surface area contributed by atoms with Gasteiger partial charge in [0.2, 0.25) is 0 Å². The molecule has 1 saturated heterocycles. The number of likely N-dealkylation sites (tertiary alicyclic amines) is 1. The van der Waals surface area contributed by atoms with E-state index in [2.05, 4.69) is 27.4 Å². The van der Waals surface area contributed by atoms with Crippen molar-refractivity contribution in [3.05, 3.63) is 24.0 Å². The molecular weight excluding hydrogens is 286 g/mol. The van der Waals surface area contributed by atoms with Crippen LogP contribution in [-0.4, -0.2) is 41.2 Å². The second-order valence-corrected chi connectivity index (χ2v) is 5.94. The van der Waals surface area contributed by atoms with Crippen molar-refractivity contribution >= 4 is 22.6 Å². The number of hydrogen-bond acceptors (Lipinski definition) is 3. The standard InChI is InChI=1S/C16H22ClN3O/c1-3-19-7-6-12(10-19)11-20-15-8-13(21-2)4-5-14(15)18-16(20)9-17/h4-5,8,12H,3,6-7,9-11H2,1-2H3. The zero-order valence-corrected chi connectivity index (χ0v) is 13.4. The summed E-state index contributed by atoms with van der Waals surface area (Å²) in [4.78, 5) is 7.15. The van der Waals surface area contributed by atoms with E-state index in [1.165, 1.54) is 19.5 Å². The Hall–Kier alpha value is -1.26. The Bertz CT molecular complexity index is 625. The molecule has 1 aromatic carbocycles. The summed E-state index contributed by atoms with van der Waals surface area (Å²) in [6.07, 6.45) is 1.25. The van der Waals surface area contributed by atoms with E-state index in [1.54, 1.807) is 7.11 Å². The van der Waals surface area contributed by atoms with Crippen molar-refractivity contribution in [2.75, 3.05) is 26.7 Å². The lowest BCUT2D eigenvalue weighted by Crippen LogP contribution is -2.21. The Morgan fingerprint density at radius 1 is 1.43 bits per heavy atom. The van der Waals surface area contributed by atoms with Crippen LogP contribution < -0.4 is 4.74 Å². The van der Waals surface area contributed by atoms with Crippen LogP contribution in [-0.2, 0) is 12.4 Å². The van der Waals surface area contributed by atoms with E-state index < -0.39 is 0 Å². The number of nitrogens with zero attached hydrogens (tertiary/aromatic N) is 3. The van der Waals surface area contributed by atoms with Gasteiger partial charge >= 0.3 is 0 Å². The van der Waals surface area contributed by atoms with Crippen molar-refractivity contribution in [1.29, 1.82) is 0 Å². The quantitative estimate of drug-likeness (QED) is 0.795. The highest BCUT2D eigenvalue weighted by Gasteiger charge is 2.23. The Labute approximate surface area is 130 Å². The summed E-state index contributed by atoms with van der Waals surface area (Å²) in [5.74, 6) is 2.94. The van der Waals surface area contributed by atoms with E-state index in [1.807, 2.05) is 12.1 Å². The third-order valence-corrected chi connectivity index (χ3v) is 4.65. The van der Waals surface area contributed by atoms with E-state index in [9.17, 15) is 0 Å². The van der Waals surface area contributed by atoms with E-state index in [4.69, 9.17) is 16.3 Å². The molecule has 0 saturated carbocycles. The Morgan fingerprint density at radius 2 is 2.29 bits per heavy atom. The maximum Gasteiger partial charge on any atom is 0.124 e. The van der Waals surface area contributed by atoms with E-state index in [0.717, 1.165) is 35.7 Å². The smallest absolute Gasteiger partial charge is 0.124 e. The van der Waals surface area contributed by atoms with Gasteiger partial charge in [-0.25, -0.2) is 4.98 Å². The molecule has 21 heavy (non-hydrogen) atoms. The number of rotatable bonds is 5. The summed E-state index contributed by atoms with van der Waals surface area (Å²) in [5, 5.41) is 0. The molecule has 0 bridgehead atoms. The van der Waals surface area contributed by atoms with Gasteiger partial charge in [-0.05, 0) is 37.6 Å². The van der Waals surface area contributed by atoms with Crippen LogP contribution in [0.4, 0.5) is 0 Å². The minimum atomic E-state index is 0.446. The highest BCUT2D eigenvalue weighted by molar-refractivity contribution is 6.16. The van der Waals surface area contributed by atoms with Crippen LogP contribution >= 0.6 is 11.6 Å². The number of benzene rings is 1. The number of imidazole rings is 1. The first-order valence-corrected chi connectivity index (χ1v) is 8.10. The average molecular weight is 308 g/mol. The predicted molar refractivity (Wildman–Crippen MR) is 86.1 cm³/mol. The fraction of sp³-hybridized carbons (Fsp3) is 0.562. The van der Waals surface area contributed by atoms with Crippen LogP contribution in [0.2, 0.25) is 0 Å². The summed E-state index contributed by atoms with van der Waals surface area (Å²) < 4.78 is 7.61. The summed E-state index contributed by atoms with van der Waals surface area (Å²) in [6, 6.07) is 6.02. The van der Waals surface area contributed by atoms with E-state index in [-0.39, 0.29) is 0 Å². The number of hydrogen-bond donors (Lipinski definition) is 0. The minimum absolute atomic E-state index is 0.446. The van der Waals surface area contributed by atoms with Crippen LogP contribution in [0.5, 0.6) is 5.75 Å². The van der Waals surface area contributed by atoms with Crippen molar-refractivity contribution in [3.63, 3.8) is 0 Å². The lowest BCUT2D eigenvalue weighted by molar-refractivity contribution is 0.333. The molecule has 3 rings (SSSR count). The van der Waals surface area contributed by atoms with Crippen molar-refractivity contribution < 1.29 is 4.74 Å².